The van der Waals surface area contributed by atoms with Gasteiger partial charge in [0.2, 0.25) is 0 Å². The van der Waals surface area contributed by atoms with Crippen LogP contribution in [0.15, 0.2) is 185 Å². The van der Waals surface area contributed by atoms with Gasteiger partial charge in [0.15, 0.2) is 11.2 Å². The van der Waals surface area contributed by atoms with Gasteiger partial charge in [-0.3, -0.25) is 0 Å². The number of rotatable bonds is 4. The van der Waals surface area contributed by atoms with Gasteiger partial charge >= 0.3 is 0 Å². The first kappa shape index (κ1) is 28.0. The van der Waals surface area contributed by atoms with E-state index in [9.17, 15) is 0 Å². The fourth-order valence-corrected chi connectivity index (χ4v) is 7.96. The molecule has 0 fully saturated rings. The fraction of sp³-hybridized carbons (Fsp3) is 0. The van der Waals surface area contributed by atoms with Crippen molar-refractivity contribution >= 4 is 65.7 Å². The number of aromatic nitrogens is 1. The first-order chi connectivity index (χ1) is 25.3. The molecule has 0 spiro atoms. The van der Waals surface area contributed by atoms with E-state index >= 15 is 0 Å². The summed E-state index contributed by atoms with van der Waals surface area (Å²) in [7, 11) is 0. The summed E-state index contributed by atoms with van der Waals surface area (Å²) in [4.78, 5) is 0. The average molecular weight is 652 g/mol. The largest absolute Gasteiger partial charge is 0.452 e. The second-order valence-electron chi connectivity index (χ2n) is 13.3. The van der Waals surface area contributed by atoms with Crippen molar-refractivity contribution in [2.75, 3.05) is 0 Å². The summed E-state index contributed by atoms with van der Waals surface area (Å²) in [5.41, 5.74) is 13.8. The Morgan fingerprint density at radius 1 is 0.294 bits per heavy atom. The van der Waals surface area contributed by atoms with E-state index in [2.05, 4.69) is 180 Å². The Balaban J connectivity index is 1.07. The van der Waals surface area contributed by atoms with Gasteiger partial charge in [0.25, 0.3) is 0 Å². The van der Waals surface area contributed by atoms with E-state index in [1.54, 1.807) is 0 Å². The number of furan rings is 2. The van der Waals surface area contributed by atoms with Crippen LogP contribution in [0.5, 0.6) is 0 Å². The molecule has 0 saturated carbocycles. The number of para-hydroxylation sites is 2. The van der Waals surface area contributed by atoms with Crippen LogP contribution in [0.2, 0.25) is 0 Å². The van der Waals surface area contributed by atoms with Gasteiger partial charge in [-0.15, -0.1) is 0 Å². The first-order valence-corrected chi connectivity index (χ1v) is 17.3. The van der Waals surface area contributed by atoms with Crippen LogP contribution in [0.1, 0.15) is 0 Å². The fourth-order valence-electron chi connectivity index (χ4n) is 7.96. The zero-order valence-electron chi connectivity index (χ0n) is 27.5. The van der Waals surface area contributed by atoms with Gasteiger partial charge in [0.1, 0.15) is 11.2 Å². The molecule has 3 heteroatoms. The Kier molecular flexibility index (Phi) is 5.96. The van der Waals surface area contributed by atoms with Crippen molar-refractivity contribution in [1.29, 1.82) is 0 Å². The molecule has 0 unspecified atom stereocenters. The smallest absolute Gasteiger partial charge is 0.178 e. The molecule has 11 aromatic rings. The molecule has 0 saturated heterocycles. The average Bonchev–Trinajstić information content (AvgIpc) is 3.87. The van der Waals surface area contributed by atoms with Crippen LogP contribution < -0.4 is 0 Å². The maximum absolute atomic E-state index is 6.59. The molecule has 238 valence electrons. The highest BCUT2D eigenvalue weighted by molar-refractivity contribution is 6.19. The second-order valence-corrected chi connectivity index (χ2v) is 13.3. The van der Waals surface area contributed by atoms with Crippen molar-refractivity contribution in [2.24, 2.45) is 0 Å². The van der Waals surface area contributed by atoms with Crippen LogP contribution in [0, 0.1) is 0 Å². The summed E-state index contributed by atoms with van der Waals surface area (Å²) < 4.78 is 15.5. The SMILES string of the molecule is c1ccc(-c2cc(-c3ccccc3)cc(-c3ccc4oc5c(ccc6c7cc(-n8c9ccccc9c9ccccc98)ccc7oc65)c4c3)c2)cc1. The lowest BCUT2D eigenvalue weighted by Gasteiger charge is -2.11. The van der Waals surface area contributed by atoms with E-state index in [-0.39, 0.29) is 0 Å². The van der Waals surface area contributed by atoms with Crippen molar-refractivity contribution in [3.8, 4) is 39.1 Å². The topological polar surface area (TPSA) is 31.2 Å². The van der Waals surface area contributed by atoms with E-state index in [1.165, 1.54) is 44.1 Å². The van der Waals surface area contributed by atoms with Crippen molar-refractivity contribution in [3.05, 3.63) is 176 Å². The highest BCUT2D eigenvalue weighted by atomic mass is 16.4. The number of benzene rings is 8. The molecule has 3 nitrogen and oxygen atoms in total. The molecule has 0 bridgehead atoms. The Morgan fingerprint density at radius 3 is 1.33 bits per heavy atom. The summed E-state index contributed by atoms with van der Waals surface area (Å²) in [5, 5.41) is 6.72. The molecule has 3 heterocycles. The standard InChI is InChI=1S/C48H29NO2/c1-3-11-30(12-4-1)33-25-34(31-13-5-2-6-14-31)27-35(26-33)32-19-23-45-41(28-32)39-21-22-40-42-29-36(20-24-46(42)51-48(40)47(39)50-45)49-43-17-9-7-15-37(43)38-16-8-10-18-44(38)49/h1-29H. The Morgan fingerprint density at radius 2 is 0.765 bits per heavy atom. The molecule has 0 atom stereocenters. The monoisotopic (exact) mass is 651 g/mol. The molecule has 11 rings (SSSR count). The number of nitrogens with zero attached hydrogens (tertiary/aromatic N) is 1. The van der Waals surface area contributed by atoms with Gasteiger partial charge in [0, 0.05) is 38.0 Å². The van der Waals surface area contributed by atoms with Gasteiger partial charge < -0.3 is 13.4 Å². The number of hydrogen-bond acceptors (Lipinski definition) is 2. The second kappa shape index (κ2) is 10.8. The molecule has 8 aromatic carbocycles. The van der Waals surface area contributed by atoms with E-state index in [0.717, 1.165) is 60.7 Å². The summed E-state index contributed by atoms with van der Waals surface area (Å²) in [6.07, 6.45) is 0. The third kappa shape index (κ3) is 4.32. The maximum Gasteiger partial charge on any atom is 0.178 e. The minimum atomic E-state index is 0.775. The van der Waals surface area contributed by atoms with Crippen LogP contribution in [0.25, 0.3) is 105 Å². The zero-order chi connectivity index (χ0) is 33.5. The molecule has 0 aliphatic rings. The predicted molar refractivity (Wildman–Crippen MR) is 212 cm³/mol. The Labute approximate surface area is 293 Å². The van der Waals surface area contributed by atoms with Gasteiger partial charge in [-0.25, -0.2) is 0 Å². The van der Waals surface area contributed by atoms with Crippen molar-refractivity contribution in [3.63, 3.8) is 0 Å². The first-order valence-electron chi connectivity index (χ1n) is 17.3. The third-order valence-electron chi connectivity index (χ3n) is 10.4. The highest BCUT2D eigenvalue weighted by Crippen LogP contribution is 2.42. The maximum atomic E-state index is 6.59. The zero-order valence-corrected chi connectivity index (χ0v) is 27.5. The van der Waals surface area contributed by atoms with Crippen LogP contribution in [0.3, 0.4) is 0 Å². The molecule has 0 amide bonds. The summed E-state index contributed by atoms with van der Waals surface area (Å²) >= 11 is 0. The lowest BCUT2D eigenvalue weighted by Crippen LogP contribution is -1.93. The lowest BCUT2D eigenvalue weighted by atomic mass is 9.93. The number of fused-ring (bicyclic) bond motifs is 10. The predicted octanol–water partition coefficient (Wildman–Crippen LogP) is 13.6. The van der Waals surface area contributed by atoms with Crippen LogP contribution >= 0.6 is 0 Å². The van der Waals surface area contributed by atoms with E-state index in [0.29, 0.717) is 0 Å². The minimum absolute atomic E-state index is 0.775. The Bertz CT molecular complexity index is 3010. The Hall–Kier alpha value is -6.84. The van der Waals surface area contributed by atoms with Crippen LogP contribution in [-0.4, -0.2) is 4.57 Å². The summed E-state index contributed by atoms with van der Waals surface area (Å²) in [6, 6.07) is 62.6. The molecule has 0 aliphatic carbocycles. The summed E-state index contributed by atoms with van der Waals surface area (Å²) in [5.74, 6) is 0. The van der Waals surface area contributed by atoms with Crippen LogP contribution in [0.4, 0.5) is 0 Å². The van der Waals surface area contributed by atoms with Gasteiger partial charge in [-0.1, -0.05) is 103 Å². The van der Waals surface area contributed by atoms with E-state index in [1.807, 2.05) is 0 Å². The minimum Gasteiger partial charge on any atom is -0.452 e. The molecular formula is C48H29NO2. The van der Waals surface area contributed by atoms with Gasteiger partial charge in [-0.2, -0.15) is 0 Å². The van der Waals surface area contributed by atoms with Crippen molar-refractivity contribution < 1.29 is 8.83 Å². The van der Waals surface area contributed by atoms with Crippen molar-refractivity contribution in [2.45, 2.75) is 0 Å². The van der Waals surface area contributed by atoms with E-state index < -0.39 is 0 Å². The molecule has 51 heavy (non-hydrogen) atoms. The number of hydrogen-bond donors (Lipinski definition) is 0. The molecule has 0 N–H and O–H groups in total. The molecule has 0 aliphatic heterocycles. The van der Waals surface area contributed by atoms with Gasteiger partial charge in [0.05, 0.1) is 11.0 Å². The normalized spacial score (nSPS) is 11.9. The third-order valence-corrected chi connectivity index (χ3v) is 10.4. The highest BCUT2D eigenvalue weighted by Gasteiger charge is 2.19. The van der Waals surface area contributed by atoms with Crippen molar-refractivity contribution in [1.82, 2.24) is 4.57 Å². The summed E-state index contributed by atoms with van der Waals surface area (Å²) in [6.45, 7) is 0. The molecular weight excluding hydrogens is 623 g/mol. The molecule has 0 radical (unpaired) electrons. The molecule has 3 aromatic heterocycles. The van der Waals surface area contributed by atoms with Crippen LogP contribution in [-0.2, 0) is 0 Å². The van der Waals surface area contributed by atoms with E-state index in [4.69, 9.17) is 8.83 Å². The lowest BCUT2D eigenvalue weighted by molar-refractivity contribution is 0.633. The van der Waals surface area contributed by atoms with Gasteiger partial charge in [-0.05, 0) is 106 Å². The quantitative estimate of drug-likeness (QED) is 0.190.